The molecule has 11 heteroatoms. The molecular weight excluding hydrogens is 501 g/mol. The summed E-state index contributed by atoms with van der Waals surface area (Å²) in [5.41, 5.74) is -3.63. The van der Waals surface area contributed by atoms with Crippen LogP contribution in [0.3, 0.4) is 0 Å². The number of carbonyl (C=O) groups is 3. The zero-order valence-electron chi connectivity index (χ0n) is 18.3. The van der Waals surface area contributed by atoms with E-state index in [1.165, 1.54) is 78.1 Å². The highest BCUT2D eigenvalue weighted by atomic mass is 35.5. The van der Waals surface area contributed by atoms with Gasteiger partial charge < -0.3 is 20.5 Å². The quantitative estimate of drug-likeness (QED) is 0.259. The van der Waals surface area contributed by atoms with Crippen molar-refractivity contribution in [1.82, 2.24) is 10.6 Å². The molecule has 186 valence electrons. The number of alkyl halides is 3. The van der Waals surface area contributed by atoms with Crippen molar-refractivity contribution in [1.29, 1.82) is 0 Å². The molecule has 7 nitrogen and oxygen atoms in total. The largest absolute Gasteiger partial charge is 0.437 e. The highest BCUT2D eigenvalue weighted by Gasteiger charge is 2.66. The SMILES string of the molecule is O=C1NC(c2ccc(OC(=O)c3ccc(Cl)cc3)cc2)C(C(=O)c2ccccc2)C(O)(C(F)(F)F)N1. The molecule has 1 saturated heterocycles. The van der Waals surface area contributed by atoms with Gasteiger partial charge in [0.2, 0.25) is 5.72 Å². The van der Waals surface area contributed by atoms with Crippen molar-refractivity contribution in [3.05, 3.63) is 101 Å². The zero-order valence-corrected chi connectivity index (χ0v) is 19.0. The highest BCUT2D eigenvalue weighted by Crippen LogP contribution is 2.44. The van der Waals surface area contributed by atoms with Crippen LogP contribution in [0.5, 0.6) is 5.75 Å². The fraction of sp³-hybridized carbons (Fsp3) is 0.160. The molecule has 3 atom stereocenters. The van der Waals surface area contributed by atoms with Crippen LogP contribution in [-0.4, -0.2) is 34.8 Å². The van der Waals surface area contributed by atoms with Gasteiger partial charge in [-0.15, -0.1) is 0 Å². The summed E-state index contributed by atoms with van der Waals surface area (Å²) in [4.78, 5) is 37.7. The molecule has 4 rings (SSSR count). The second-order valence-corrected chi connectivity index (χ2v) is 8.45. The van der Waals surface area contributed by atoms with E-state index in [4.69, 9.17) is 16.3 Å². The van der Waals surface area contributed by atoms with Gasteiger partial charge in [0, 0.05) is 10.6 Å². The first kappa shape index (κ1) is 25.2. The van der Waals surface area contributed by atoms with Crippen LogP contribution in [0.25, 0.3) is 0 Å². The maximum absolute atomic E-state index is 14.0. The van der Waals surface area contributed by atoms with Gasteiger partial charge in [-0.1, -0.05) is 54.1 Å². The Morgan fingerprint density at radius 2 is 1.53 bits per heavy atom. The first-order chi connectivity index (χ1) is 17.0. The number of rotatable bonds is 5. The molecule has 3 N–H and O–H groups in total. The van der Waals surface area contributed by atoms with Gasteiger partial charge in [0.25, 0.3) is 0 Å². The van der Waals surface area contributed by atoms with Crippen molar-refractivity contribution >= 4 is 29.4 Å². The standard InChI is InChI=1S/C25H18ClF3N2O5/c26-17-10-6-16(7-11-17)22(33)36-18-12-8-14(9-13-18)20-19(21(32)15-4-2-1-3-5-15)24(35,25(27,28)29)31-23(34)30-20/h1-13,19-20,35H,(H2,30,31,34). The first-order valence-corrected chi connectivity index (χ1v) is 10.9. The van der Waals surface area contributed by atoms with Gasteiger partial charge in [0.15, 0.2) is 5.78 Å². The minimum absolute atomic E-state index is 0.0657. The van der Waals surface area contributed by atoms with Gasteiger partial charge in [0.05, 0.1) is 11.6 Å². The first-order valence-electron chi connectivity index (χ1n) is 10.5. The summed E-state index contributed by atoms with van der Waals surface area (Å²) in [6, 6.07) is 15.4. The number of ketones is 1. The number of Topliss-reactive ketones (excluding diaryl/α,β-unsaturated/α-hetero) is 1. The lowest BCUT2D eigenvalue weighted by Crippen LogP contribution is -2.72. The number of aliphatic hydroxyl groups is 1. The van der Waals surface area contributed by atoms with E-state index in [1.54, 1.807) is 6.07 Å². The average Bonchev–Trinajstić information content (AvgIpc) is 2.84. The Labute approximate surface area is 207 Å². The predicted molar refractivity (Wildman–Crippen MR) is 123 cm³/mol. The Bertz CT molecular complexity index is 1280. The monoisotopic (exact) mass is 518 g/mol. The summed E-state index contributed by atoms with van der Waals surface area (Å²) in [5, 5.41) is 14.8. The molecule has 0 bridgehead atoms. The minimum atomic E-state index is -5.37. The molecule has 0 radical (unpaired) electrons. The Kier molecular flexibility index (Phi) is 6.75. The van der Waals surface area contributed by atoms with Gasteiger partial charge in [-0.05, 0) is 42.0 Å². The van der Waals surface area contributed by atoms with E-state index in [0.717, 1.165) is 0 Å². The van der Waals surface area contributed by atoms with Crippen molar-refractivity contribution < 1.29 is 37.4 Å². The summed E-state index contributed by atoms with van der Waals surface area (Å²) in [6.07, 6.45) is -5.37. The van der Waals surface area contributed by atoms with Gasteiger partial charge in [-0.2, -0.15) is 13.2 Å². The fourth-order valence-corrected chi connectivity index (χ4v) is 4.02. The molecule has 0 saturated carbocycles. The molecule has 36 heavy (non-hydrogen) atoms. The predicted octanol–water partition coefficient (Wildman–Crippen LogP) is 4.66. The summed E-state index contributed by atoms with van der Waals surface area (Å²) >= 11 is 5.80. The van der Waals surface area contributed by atoms with E-state index in [0.29, 0.717) is 5.02 Å². The third-order valence-electron chi connectivity index (χ3n) is 5.68. The molecule has 1 aliphatic heterocycles. The number of amides is 2. The van der Waals surface area contributed by atoms with Crippen LogP contribution in [0.15, 0.2) is 78.9 Å². The third-order valence-corrected chi connectivity index (χ3v) is 5.93. The van der Waals surface area contributed by atoms with Crippen LogP contribution < -0.4 is 15.4 Å². The number of halogens is 4. The Morgan fingerprint density at radius 1 is 0.917 bits per heavy atom. The van der Waals surface area contributed by atoms with Crippen molar-refractivity contribution in [3.63, 3.8) is 0 Å². The van der Waals surface area contributed by atoms with E-state index in [-0.39, 0.29) is 22.4 Å². The molecule has 2 amide bonds. The maximum atomic E-state index is 14.0. The number of nitrogens with one attached hydrogen (secondary N) is 2. The van der Waals surface area contributed by atoms with E-state index < -0.39 is 41.6 Å². The van der Waals surface area contributed by atoms with Gasteiger partial charge in [-0.25, -0.2) is 9.59 Å². The van der Waals surface area contributed by atoms with E-state index in [1.807, 2.05) is 0 Å². The number of urea groups is 1. The lowest BCUT2D eigenvalue weighted by molar-refractivity contribution is -0.287. The summed E-state index contributed by atoms with van der Waals surface area (Å²) in [7, 11) is 0. The summed E-state index contributed by atoms with van der Waals surface area (Å²) in [6.45, 7) is 0. The molecule has 1 fully saturated rings. The van der Waals surface area contributed by atoms with Gasteiger partial charge >= 0.3 is 18.2 Å². The molecule has 3 aromatic rings. The van der Waals surface area contributed by atoms with Crippen molar-refractivity contribution in [2.75, 3.05) is 0 Å². The summed E-state index contributed by atoms with van der Waals surface area (Å²) in [5.74, 6) is -3.83. The number of ether oxygens (including phenoxy) is 1. The number of carbonyl (C=O) groups excluding carboxylic acids is 3. The van der Waals surface area contributed by atoms with Crippen molar-refractivity contribution in [2.45, 2.75) is 17.9 Å². The van der Waals surface area contributed by atoms with E-state index in [9.17, 15) is 32.7 Å². The molecule has 0 aromatic heterocycles. The second kappa shape index (κ2) is 9.63. The topological polar surface area (TPSA) is 105 Å². The normalized spacial score (nSPS) is 21.8. The lowest BCUT2D eigenvalue weighted by atomic mass is 9.77. The fourth-order valence-electron chi connectivity index (χ4n) is 3.89. The lowest BCUT2D eigenvalue weighted by Gasteiger charge is -2.45. The molecule has 0 spiro atoms. The Morgan fingerprint density at radius 3 is 2.11 bits per heavy atom. The van der Waals surface area contributed by atoms with Crippen LogP contribution in [-0.2, 0) is 0 Å². The van der Waals surface area contributed by atoms with Crippen LogP contribution in [0.1, 0.15) is 32.3 Å². The molecule has 1 aliphatic rings. The number of benzene rings is 3. The molecular formula is C25H18ClF3N2O5. The number of hydrogen-bond donors (Lipinski definition) is 3. The number of hydrogen-bond acceptors (Lipinski definition) is 5. The minimum Gasteiger partial charge on any atom is -0.423 e. The summed E-state index contributed by atoms with van der Waals surface area (Å²) < 4.78 is 47.3. The molecule has 3 aromatic carbocycles. The Balaban J connectivity index is 1.66. The van der Waals surface area contributed by atoms with Crippen LogP contribution in [0, 0.1) is 5.92 Å². The molecule has 0 aliphatic carbocycles. The van der Waals surface area contributed by atoms with Crippen molar-refractivity contribution in [3.8, 4) is 5.75 Å². The molecule has 1 heterocycles. The van der Waals surface area contributed by atoms with Crippen LogP contribution in [0.4, 0.5) is 18.0 Å². The van der Waals surface area contributed by atoms with Crippen LogP contribution >= 0.6 is 11.6 Å². The van der Waals surface area contributed by atoms with Gasteiger partial charge in [-0.3, -0.25) is 4.79 Å². The highest BCUT2D eigenvalue weighted by molar-refractivity contribution is 6.30. The third kappa shape index (κ3) is 4.91. The number of esters is 1. The molecule has 3 unspecified atom stereocenters. The average molecular weight is 519 g/mol. The Hall–Kier alpha value is -3.89. The zero-order chi connectivity index (χ0) is 26.1. The van der Waals surface area contributed by atoms with Gasteiger partial charge in [0.1, 0.15) is 11.7 Å². The van der Waals surface area contributed by atoms with Crippen LogP contribution in [0.2, 0.25) is 5.02 Å². The van der Waals surface area contributed by atoms with E-state index in [2.05, 4.69) is 5.32 Å². The van der Waals surface area contributed by atoms with E-state index >= 15 is 0 Å². The second-order valence-electron chi connectivity index (χ2n) is 8.01. The maximum Gasteiger partial charge on any atom is 0.437 e. The smallest absolute Gasteiger partial charge is 0.423 e. The van der Waals surface area contributed by atoms with Crippen molar-refractivity contribution in [2.24, 2.45) is 5.92 Å².